The van der Waals surface area contributed by atoms with Crippen molar-refractivity contribution in [1.82, 2.24) is 4.90 Å². The van der Waals surface area contributed by atoms with Crippen molar-refractivity contribution in [1.29, 1.82) is 0 Å². The average Bonchev–Trinajstić information content (AvgIpc) is 2.32. The minimum atomic E-state index is -0.517. The van der Waals surface area contributed by atoms with E-state index in [1.807, 2.05) is 0 Å². The number of benzene rings is 1. The summed E-state index contributed by atoms with van der Waals surface area (Å²) in [4.78, 5) is 12.7. The van der Waals surface area contributed by atoms with Crippen molar-refractivity contribution in [2.75, 3.05) is 19.4 Å². The Balaban J connectivity index is 3.34. The molecule has 0 radical (unpaired) electrons. The van der Waals surface area contributed by atoms with Gasteiger partial charge in [0.1, 0.15) is 0 Å². The molecule has 0 saturated carbocycles. The maximum absolute atomic E-state index is 11.5. The molecule has 76 valence electrons. The Hall–Kier alpha value is -1.55. The van der Waals surface area contributed by atoms with Gasteiger partial charge in [-0.25, -0.2) is 4.79 Å². The molecule has 0 aliphatic heterocycles. The Morgan fingerprint density at radius 3 is 2.50 bits per heavy atom. The van der Waals surface area contributed by atoms with Crippen molar-refractivity contribution in [3.8, 4) is 0 Å². The number of carbonyl (C=O) groups is 1. The van der Waals surface area contributed by atoms with Crippen LogP contribution in [0.2, 0.25) is 0 Å². The number of hydrogen-bond donors (Lipinski definition) is 2. The van der Waals surface area contributed by atoms with E-state index < -0.39 is 6.03 Å². The molecule has 3 N–H and O–H groups in total. The van der Waals surface area contributed by atoms with E-state index >= 15 is 0 Å². The number of nitrogens with zero attached hydrogens (tertiary/aromatic N) is 1. The van der Waals surface area contributed by atoms with Crippen LogP contribution >= 0.6 is 0 Å². The Morgan fingerprint density at radius 1 is 1.50 bits per heavy atom. The lowest BCUT2D eigenvalue weighted by Crippen LogP contribution is -2.27. The van der Waals surface area contributed by atoms with E-state index in [1.54, 1.807) is 0 Å². The summed E-state index contributed by atoms with van der Waals surface area (Å²) < 4.78 is 30.8. The highest BCUT2D eigenvalue weighted by molar-refractivity contribution is 5.88. The first-order valence-corrected chi connectivity index (χ1v) is 4.08. The van der Waals surface area contributed by atoms with Crippen LogP contribution < -0.4 is 11.1 Å². The second kappa shape index (κ2) is 4.62. The zero-order valence-electron chi connectivity index (χ0n) is 12.1. The largest absolute Gasteiger partial charge is 0.331 e. The summed E-state index contributed by atoms with van der Waals surface area (Å²) in [5.74, 6) is 0. The highest BCUT2D eigenvalue weighted by Crippen LogP contribution is 2.09. The molecule has 0 unspecified atom stereocenters. The van der Waals surface area contributed by atoms with Crippen LogP contribution in [-0.2, 0) is 6.54 Å². The summed E-state index contributed by atoms with van der Waals surface area (Å²) in [7, 11) is 3.03. The van der Waals surface area contributed by atoms with E-state index in [0.29, 0.717) is 0 Å². The summed E-state index contributed by atoms with van der Waals surface area (Å²) in [6.45, 7) is -0.0860. The van der Waals surface area contributed by atoms with Gasteiger partial charge in [-0.2, -0.15) is 0 Å². The molecule has 14 heavy (non-hydrogen) atoms. The molecule has 0 spiro atoms. The van der Waals surface area contributed by atoms with Crippen LogP contribution in [0.4, 0.5) is 10.5 Å². The molecule has 0 atom stereocenters. The van der Waals surface area contributed by atoms with Crippen LogP contribution in [0.5, 0.6) is 0 Å². The molecular weight excluding hydrogens is 178 g/mol. The molecule has 0 fully saturated rings. The summed E-state index contributed by atoms with van der Waals surface area (Å²) >= 11 is 0. The normalized spacial score (nSPS) is 13.6. The summed E-state index contributed by atoms with van der Waals surface area (Å²) in [6.07, 6.45) is 0. The predicted octanol–water partition coefficient (Wildman–Crippen LogP) is 1.24. The number of nitrogens with two attached hydrogens (primary N) is 1. The molecule has 0 aromatic heterocycles. The third-order valence-corrected chi connectivity index (χ3v) is 1.52. The van der Waals surface area contributed by atoms with Crippen molar-refractivity contribution in [3.63, 3.8) is 0 Å². The quantitative estimate of drug-likeness (QED) is 0.749. The van der Waals surface area contributed by atoms with Gasteiger partial charge in [0.25, 0.3) is 0 Å². The number of nitrogens with one attached hydrogen (secondary N) is 1. The second-order valence-electron chi connectivity index (χ2n) is 2.88. The SMILES string of the molecule is [2H]c1c([2H])c(NC(=O)N(C)C)c([2H])c([2H])c1CN. The summed E-state index contributed by atoms with van der Waals surface area (Å²) in [5.41, 5.74) is 5.38. The maximum atomic E-state index is 11.5. The van der Waals surface area contributed by atoms with Crippen LogP contribution in [0.1, 0.15) is 11.0 Å². The number of urea groups is 1. The number of hydrogen-bond acceptors (Lipinski definition) is 2. The zero-order valence-corrected chi connectivity index (χ0v) is 8.14. The molecule has 0 heterocycles. The molecule has 0 aliphatic rings. The van der Waals surface area contributed by atoms with Crippen molar-refractivity contribution in [2.24, 2.45) is 5.73 Å². The van der Waals surface area contributed by atoms with Gasteiger partial charge in [-0.05, 0) is 17.6 Å². The van der Waals surface area contributed by atoms with Crippen LogP contribution in [0.25, 0.3) is 0 Å². The van der Waals surface area contributed by atoms with Gasteiger partial charge in [-0.15, -0.1) is 0 Å². The first-order chi connectivity index (χ1) is 8.31. The van der Waals surface area contributed by atoms with Crippen molar-refractivity contribution in [2.45, 2.75) is 6.54 Å². The maximum Gasteiger partial charge on any atom is 0.321 e. The smallest absolute Gasteiger partial charge is 0.321 e. The number of anilines is 1. The zero-order chi connectivity index (χ0) is 14.0. The van der Waals surface area contributed by atoms with E-state index in [0.717, 1.165) is 0 Å². The molecule has 1 aromatic carbocycles. The van der Waals surface area contributed by atoms with Gasteiger partial charge in [-0.1, -0.05) is 12.1 Å². The van der Waals surface area contributed by atoms with E-state index in [-0.39, 0.29) is 42.0 Å². The summed E-state index contributed by atoms with van der Waals surface area (Å²) in [5, 5.41) is 2.34. The molecule has 4 heteroatoms. The van der Waals surface area contributed by atoms with Gasteiger partial charge in [0.15, 0.2) is 0 Å². The van der Waals surface area contributed by atoms with Crippen LogP contribution in [-0.4, -0.2) is 25.0 Å². The van der Waals surface area contributed by atoms with Crippen molar-refractivity contribution >= 4 is 11.7 Å². The Morgan fingerprint density at radius 2 is 2.07 bits per heavy atom. The first-order valence-electron chi connectivity index (χ1n) is 6.08. The molecule has 0 aliphatic carbocycles. The highest BCUT2D eigenvalue weighted by Gasteiger charge is 2.02. The second-order valence-corrected chi connectivity index (χ2v) is 2.88. The van der Waals surface area contributed by atoms with Gasteiger partial charge in [-0.3, -0.25) is 0 Å². The minimum Gasteiger partial charge on any atom is -0.331 e. The standard InChI is InChI=1S/C10H15N3O/c1-13(2)10(14)12-9-5-3-8(7-11)4-6-9/h3-6H,7,11H2,1-2H3,(H,12,14)/i3D,4D,5D,6D. The minimum absolute atomic E-state index is 0.0860. The fourth-order valence-electron chi connectivity index (χ4n) is 0.722. The van der Waals surface area contributed by atoms with Gasteiger partial charge in [0, 0.05) is 26.3 Å². The summed E-state index contributed by atoms with van der Waals surface area (Å²) in [6, 6.07) is -1.57. The fourth-order valence-corrected chi connectivity index (χ4v) is 0.722. The first kappa shape index (κ1) is 6.03. The van der Waals surface area contributed by atoms with E-state index in [1.165, 1.54) is 19.0 Å². The third-order valence-electron chi connectivity index (χ3n) is 1.52. The number of amides is 2. The van der Waals surface area contributed by atoms with Crippen molar-refractivity contribution in [3.05, 3.63) is 29.7 Å². The monoisotopic (exact) mass is 197 g/mol. The Bertz CT molecular complexity index is 461. The number of carbonyl (C=O) groups excluding carboxylic acids is 1. The molecule has 1 aromatic rings. The fraction of sp³-hybridized carbons (Fsp3) is 0.300. The third kappa shape index (κ3) is 2.74. The molecule has 0 bridgehead atoms. The van der Waals surface area contributed by atoms with Gasteiger partial charge >= 0.3 is 6.03 Å². The van der Waals surface area contributed by atoms with Gasteiger partial charge < -0.3 is 16.0 Å². The lowest BCUT2D eigenvalue weighted by molar-refractivity contribution is 0.230. The van der Waals surface area contributed by atoms with Gasteiger partial charge in [0.2, 0.25) is 0 Å². The predicted molar refractivity (Wildman–Crippen MR) is 57.0 cm³/mol. The van der Waals surface area contributed by atoms with Crippen LogP contribution in [0.15, 0.2) is 24.2 Å². The Kier molecular flexibility index (Phi) is 1.99. The molecule has 4 nitrogen and oxygen atoms in total. The molecule has 1 rings (SSSR count). The van der Waals surface area contributed by atoms with Crippen LogP contribution in [0, 0.1) is 0 Å². The Labute approximate surface area is 89.3 Å². The topological polar surface area (TPSA) is 58.4 Å². The lowest BCUT2D eigenvalue weighted by Gasteiger charge is -2.11. The molecule has 0 saturated heterocycles. The average molecular weight is 197 g/mol. The van der Waals surface area contributed by atoms with E-state index in [9.17, 15) is 4.79 Å². The van der Waals surface area contributed by atoms with E-state index in [4.69, 9.17) is 11.2 Å². The molecular formula is C10H15N3O. The number of rotatable bonds is 2. The lowest BCUT2D eigenvalue weighted by atomic mass is 10.2. The molecule has 2 amide bonds. The van der Waals surface area contributed by atoms with E-state index in [2.05, 4.69) is 5.32 Å². The van der Waals surface area contributed by atoms with Gasteiger partial charge in [0.05, 0.1) is 5.48 Å². The van der Waals surface area contributed by atoms with Crippen LogP contribution in [0.3, 0.4) is 0 Å². The van der Waals surface area contributed by atoms with Crippen molar-refractivity contribution < 1.29 is 10.3 Å². The highest BCUT2D eigenvalue weighted by atomic mass is 16.2.